The number of benzene rings is 2. The molecule has 1 nitrogen and oxygen atoms in total. The van der Waals surface area contributed by atoms with Gasteiger partial charge in [0.15, 0.2) is 5.78 Å². The predicted molar refractivity (Wildman–Crippen MR) is 80.5 cm³/mol. The zero-order valence-corrected chi connectivity index (χ0v) is 12.6. The molecule has 2 rings (SSSR count). The first-order valence-corrected chi connectivity index (χ1v) is 6.73. The maximum absolute atomic E-state index is 12.6. The fourth-order valence-corrected chi connectivity index (χ4v) is 2.50. The molecule has 0 unspecified atom stereocenters. The molecule has 0 N–H and O–H groups in total. The van der Waals surface area contributed by atoms with Crippen molar-refractivity contribution in [3.63, 3.8) is 0 Å². The Kier molecular flexibility index (Phi) is 3.98. The minimum Gasteiger partial charge on any atom is -0.289 e. The van der Waals surface area contributed by atoms with Crippen LogP contribution in [-0.2, 0) is 0 Å². The van der Waals surface area contributed by atoms with Gasteiger partial charge in [0.25, 0.3) is 0 Å². The second-order valence-electron chi connectivity index (χ2n) is 4.70. The molecular weight excluding hydrogens is 279 g/mol. The lowest BCUT2D eigenvalue weighted by molar-refractivity contribution is 0.103. The molecule has 0 aliphatic carbocycles. The molecule has 2 aromatic carbocycles. The number of ketones is 1. The van der Waals surface area contributed by atoms with Crippen molar-refractivity contribution < 1.29 is 4.79 Å². The Labute approximate surface area is 123 Å². The first kappa shape index (κ1) is 14.1. The molecule has 0 spiro atoms. The van der Waals surface area contributed by atoms with Crippen LogP contribution in [0.25, 0.3) is 0 Å². The molecule has 0 heterocycles. The third kappa shape index (κ3) is 2.83. The zero-order chi connectivity index (χ0) is 14.2. The SMILES string of the molecule is Cc1cc(C(=O)c2ccc(Cl)cc2C)c(C)cc1Cl. The molecule has 0 radical (unpaired) electrons. The molecule has 0 fully saturated rings. The summed E-state index contributed by atoms with van der Waals surface area (Å²) in [6.07, 6.45) is 0. The van der Waals surface area contributed by atoms with Gasteiger partial charge >= 0.3 is 0 Å². The fraction of sp³-hybridized carbons (Fsp3) is 0.188. The second kappa shape index (κ2) is 5.36. The van der Waals surface area contributed by atoms with Crippen molar-refractivity contribution >= 4 is 29.0 Å². The van der Waals surface area contributed by atoms with Crippen molar-refractivity contribution in [2.75, 3.05) is 0 Å². The molecular formula is C16H14Cl2O. The quantitative estimate of drug-likeness (QED) is 0.700. The Balaban J connectivity index is 2.53. The number of carbonyl (C=O) groups excluding carboxylic acids is 1. The summed E-state index contributed by atoms with van der Waals surface area (Å²) in [5, 5.41) is 1.32. The van der Waals surface area contributed by atoms with Crippen molar-refractivity contribution in [2.24, 2.45) is 0 Å². The second-order valence-corrected chi connectivity index (χ2v) is 5.55. The van der Waals surface area contributed by atoms with Crippen molar-refractivity contribution in [3.05, 3.63) is 68.2 Å². The zero-order valence-electron chi connectivity index (χ0n) is 11.1. The van der Waals surface area contributed by atoms with Crippen LogP contribution < -0.4 is 0 Å². The average Bonchev–Trinajstić information content (AvgIpc) is 2.33. The molecule has 0 aliphatic heterocycles. The summed E-state index contributed by atoms with van der Waals surface area (Å²) in [6.45, 7) is 5.67. The minimum atomic E-state index is 0.00596. The highest BCUT2D eigenvalue weighted by atomic mass is 35.5. The lowest BCUT2D eigenvalue weighted by Gasteiger charge is -2.10. The molecule has 0 bridgehead atoms. The maximum Gasteiger partial charge on any atom is 0.193 e. The lowest BCUT2D eigenvalue weighted by Crippen LogP contribution is -2.06. The molecule has 0 saturated carbocycles. The number of rotatable bonds is 2. The number of hydrogen-bond acceptors (Lipinski definition) is 1. The summed E-state index contributed by atoms with van der Waals surface area (Å²) in [5.74, 6) is 0.00596. The molecule has 2 aromatic rings. The van der Waals surface area contributed by atoms with Gasteiger partial charge in [0.05, 0.1) is 0 Å². The van der Waals surface area contributed by atoms with Crippen molar-refractivity contribution in [1.29, 1.82) is 0 Å². The number of hydrogen-bond donors (Lipinski definition) is 0. The molecule has 0 aromatic heterocycles. The van der Waals surface area contributed by atoms with E-state index in [-0.39, 0.29) is 5.78 Å². The monoisotopic (exact) mass is 292 g/mol. The lowest BCUT2D eigenvalue weighted by atomic mass is 9.95. The third-order valence-corrected chi connectivity index (χ3v) is 3.83. The van der Waals surface area contributed by atoms with Crippen LogP contribution in [0.4, 0.5) is 0 Å². The highest BCUT2D eigenvalue weighted by molar-refractivity contribution is 6.32. The first-order valence-electron chi connectivity index (χ1n) is 5.97. The standard InChI is InChI=1S/C16H14Cl2O/c1-9-6-12(17)4-5-13(9)16(19)14-7-11(3)15(18)8-10(14)2/h4-8H,1-3H3. The molecule has 0 amide bonds. The number of aryl methyl sites for hydroxylation is 3. The van der Waals surface area contributed by atoms with E-state index in [2.05, 4.69) is 0 Å². The molecule has 98 valence electrons. The summed E-state index contributed by atoms with van der Waals surface area (Å²) < 4.78 is 0. The van der Waals surface area contributed by atoms with E-state index in [4.69, 9.17) is 23.2 Å². The van der Waals surface area contributed by atoms with E-state index >= 15 is 0 Å². The normalized spacial score (nSPS) is 10.6. The van der Waals surface area contributed by atoms with Gasteiger partial charge in [-0.2, -0.15) is 0 Å². The number of carbonyl (C=O) groups is 1. The van der Waals surface area contributed by atoms with Gasteiger partial charge in [0.2, 0.25) is 0 Å². The Bertz CT molecular complexity index is 660. The highest BCUT2D eigenvalue weighted by Crippen LogP contribution is 2.24. The van der Waals surface area contributed by atoms with Crippen LogP contribution >= 0.6 is 23.2 Å². The van der Waals surface area contributed by atoms with Gasteiger partial charge in [0.1, 0.15) is 0 Å². The topological polar surface area (TPSA) is 17.1 Å². The molecule has 19 heavy (non-hydrogen) atoms. The maximum atomic E-state index is 12.6. The largest absolute Gasteiger partial charge is 0.289 e. The van der Waals surface area contributed by atoms with E-state index in [1.54, 1.807) is 18.2 Å². The van der Waals surface area contributed by atoms with Gasteiger partial charge in [-0.3, -0.25) is 4.79 Å². The highest BCUT2D eigenvalue weighted by Gasteiger charge is 2.15. The van der Waals surface area contributed by atoms with Crippen molar-refractivity contribution in [3.8, 4) is 0 Å². The van der Waals surface area contributed by atoms with Gasteiger partial charge in [0, 0.05) is 21.2 Å². The molecule has 0 saturated heterocycles. The van der Waals surface area contributed by atoms with E-state index < -0.39 is 0 Å². The van der Waals surface area contributed by atoms with Crippen molar-refractivity contribution in [2.45, 2.75) is 20.8 Å². The summed E-state index contributed by atoms with van der Waals surface area (Å²) in [5.41, 5.74) is 4.03. The summed E-state index contributed by atoms with van der Waals surface area (Å²) >= 11 is 12.0. The molecule has 3 heteroatoms. The predicted octanol–water partition coefficient (Wildman–Crippen LogP) is 5.15. The van der Waals surface area contributed by atoms with Crippen LogP contribution in [0.15, 0.2) is 30.3 Å². The Morgan fingerprint density at radius 2 is 1.47 bits per heavy atom. The first-order chi connectivity index (χ1) is 8.90. The van der Waals surface area contributed by atoms with Crippen LogP contribution in [0.3, 0.4) is 0 Å². The Morgan fingerprint density at radius 1 is 0.842 bits per heavy atom. The fourth-order valence-electron chi connectivity index (χ4n) is 2.05. The summed E-state index contributed by atoms with van der Waals surface area (Å²) in [6, 6.07) is 8.97. The van der Waals surface area contributed by atoms with Crippen LogP contribution in [0.5, 0.6) is 0 Å². The molecule has 0 atom stereocenters. The van der Waals surface area contributed by atoms with Crippen LogP contribution in [-0.4, -0.2) is 5.78 Å². The van der Waals surface area contributed by atoms with E-state index in [1.165, 1.54) is 0 Å². The van der Waals surface area contributed by atoms with Gasteiger partial charge in [-0.05, 0) is 67.8 Å². The molecule has 0 aliphatic rings. The van der Waals surface area contributed by atoms with E-state index in [0.29, 0.717) is 21.2 Å². The van der Waals surface area contributed by atoms with Gasteiger partial charge in [-0.15, -0.1) is 0 Å². The number of halogens is 2. The summed E-state index contributed by atoms with van der Waals surface area (Å²) in [4.78, 5) is 12.6. The van der Waals surface area contributed by atoms with E-state index in [9.17, 15) is 4.79 Å². The average molecular weight is 293 g/mol. The Morgan fingerprint density at radius 3 is 2.11 bits per heavy atom. The van der Waals surface area contributed by atoms with Crippen LogP contribution in [0.1, 0.15) is 32.6 Å². The van der Waals surface area contributed by atoms with Crippen LogP contribution in [0.2, 0.25) is 10.0 Å². The van der Waals surface area contributed by atoms with E-state index in [1.807, 2.05) is 32.9 Å². The van der Waals surface area contributed by atoms with Crippen molar-refractivity contribution in [1.82, 2.24) is 0 Å². The smallest absolute Gasteiger partial charge is 0.193 e. The van der Waals surface area contributed by atoms with Gasteiger partial charge in [-0.1, -0.05) is 23.2 Å². The third-order valence-electron chi connectivity index (χ3n) is 3.18. The minimum absolute atomic E-state index is 0.00596. The Hall–Kier alpha value is -1.31. The summed E-state index contributed by atoms with van der Waals surface area (Å²) in [7, 11) is 0. The van der Waals surface area contributed by atoms with Gasteiger partial charge < -0.3 is 0 Å². The van der Waals surface area contributed by atoms with E-state index in [0.717, 1.165) is 16.7 Å². The van der Waals surface area contributed by atoms with Gasteiger partial charge in [-0.25, -0.2) is 0 Å². The van der Waals surface area contributed by atoms with Crippen LogP contribution in [0, 0.1) is 20.8 Å².